The third-order valence-electron chi connectivity index (χ3n) is 5.16. The molecule has 3 atom stereocenters. The van der Waals surface area contributed by atoms with E-state index in [1.807, 2.05) is 6.92 Å². The lowest BCUT2D eigenvalue weighted by atomic mass is 9.91. The van der Waals surface area contributed by atoms with Gasteiger partial charge in [0.1, 0.15) is 5.82 Å². The molecule has 1 unspecified atom stereocenters. The van der Waals surface area contributed by atoms with Gasteiger partial charge in [-0.25, -0.2) is 4.98 Å². The molecular formula is C16H27N5O. The number of H-pyrrole nitrogens is 1. The molecule has 1 saturated heterocycles. The molecule has 2 aliphatic rings. The minimum absolute atomic E-state index is 0.154. The van der Waals surface area contributed by atoms with Crippen LogP contribution in [0.25, 0.3) is 0 Å². The minimum atomic E-state index is -0.210. The van der Waals surface area contributed by atoms with Crippen LogP contribution in [0.2, 0.25) is 0 Å². The Morgan fingerprint density at radius 1 is 1.41 bits per heavy atom. The topological polar surface area (TPSA) is 87.9 Å². The Labute approximate surface area is 131 Å². The van der Waals surface area contributed by atoms with Crippen molar-refractivity contribution >= 4 is 5.91 Å². The Hall–Kier alpha value is -1.43. The molecule has 1 aliphatic heterocycles. The normalized spacial score (nSPS) is 27.5. The van der Waals surface area contributed by atoms with Gasteiger partial charge in [0.15, 0.2) is 5.82 Å². The molecular weight excluding hydrogens is 278 g/mol. The second-order valence-electron chi connectivity index (χ2n) is 7.12. The van der Waals surface area contributed by atoms with E-state index in [1.54, 1.807) is 0 Å². The molecule has 6 heteroatoms. The summed E-state index contributed by atoms with van der Waals surface area (Å²) in [6.45, 7) is 8.04. The zero-order valence-electron chi connectivity index (χ0n) is 13.7. The molecule has 3 rings (SSSR count). The Morgan fingerprint density at radius 2 is 2.14 bits per heavy atom. The molecule has 1 aromatic heterocycles. The Morgan fingerprint density at radius 3 is 2.64 bits per heavy atom. The van der Waals surface area contributed by atoms with Crippen LogP contribution in [0.3, 0.4) is 0 Å². The number of primary amides is 1. The van der Waals surface area contributed by atoms with Gasteiger partial charge in [-0.05, 0) is 31.1 Å². The van der Waals surface area contributed by atoms with Crippen LogP contribution in [0.15, 0.2) is 0 Å². The van der Waals surface area contributed by atoms with Crippen molar-refractivity contribution in [3.8, 4) is 0 Å². The van der Waals surface area contributed by atoms with Crippen molar-refractivity contribution in [3.63, 3.8) is 0 Å². The number of carbonyl (C=O) groups is 1. The summed E-state index contributed by atoms with van der Waals surface area (Å²) < 4.78 is 0. The predicted octanol–water partition coefficient (Wildman–Crippen LogP) is 1.62. The van der Waals surface area contributed by atoms with Gasteiger partial charge in [-0.3, -0.25) is 14.8 Å². The van der Waals surface area contributed by atoms with Gasteiger partial charge in [0.05, 0.1) is 6.04 Å². The summed E-state index contributed by atoms with van der Waals surface area (Å²) in [6.07, 6.45) is 3.37. The highest BCUT2D eigenvalue weighted by atomic mass is 16.1. The zero-order chi connectivity index (χ0) is 15.9. The van der Waals surface area contributed by atoms with Crippen LogP contribution in [0.1, 0.15) is 63.5 Å². The summed E-state index contributed by atoms with van der Waals surface area (Å²) >= 11 is 0. The fraction of sp³-hybridized carbons (Fsp3) is 0.812. The van der Waals surface area contributed by atoms with Gasteiger partial charge >= 0.3 is 0 Å². The standard InChI is InChI=1S/C16H27N5O/c1-4-13(14(17)22)21-7-11(10-5-6-10)12(8-21)16-18-15(9(2)3)19-20-16/h9-13H,4-8H2,1-3H3,(H2,17,22)(H,18,19,20)/t11-,12+,13?/m0/s1. The van der Waals surface area contributed by atoms with E-state index in [1.165, 1.54) is 12.8 Å². The van der Waals surface area contributed by atoms with Crippen molar-refractivity contribution in [1.29, 1.82) is 0 Å². The van der Waals surface area contributed by atoms with Crippen molar-refractivity contribution in [2.45, 2.75) is 57.9 Å². The van der Waals surface area contributed by atoms with Gasteiger partial charge in [-0.2, -0.15) is 5.10 Å². The zero-order valence-corrected chi connectivity index (χ0v) is 13.7. The number of amides is 1. The van der Waals surface area contributed by atoms with E-state index in [0.29, 0.717) is 17.8 Å². The number of nitrogens with two attached hydrogens (primary N) is 1. The number of nitrogens with zero attached hydrogens (tertiary/aromatic N) is 3. The molecule has 122 valence electrons. The van der Waals surface area contributed by atoms with Gasteiger partial charge in [-0.15, -0.1) is 0 Å². The lowest BCUT2D eigenvalue weighted by Gasteiger charge is -2.23. The third kappa shape index (κ3) is 2.89. The lowest BCUT2D eigenvalue weighted by molar-refractivity contribution is -0.123. The van der Waals surface area contributed by atoms with E-state index in [-0.39, 0.29) is 11.9 Å². The minimum Gasteiger partial charge on any atom is -0.368 e. The van der Waals surface area contributed by atoms with E-state index in [2.05, 4.69) is 28.9 Å². The lowest BCUT2D eigenvalue weighted by Crippen LogP contribution is -2.43. The van der Waals surface area contributed by atoms with Crippen LogP contribution < -0.4 is 5.73 Å². The highest BCUT2D eigenvalue weighted by Crippen LogP contribution is 2.47. The molecule has 2 heterocycles. The predicted molar refractivity (Wildman–Crippen MR) is 84.3 cm³/mol. The first-order valence-electron chi connectivity index (χ1n) is 8.46. The molecule has 0 spiro atoms. The number of carbonyl (C=O) groups excluding carboxylic acids is 1. The van der Waals surface area contributed by atoms with E-state index < -0.39 is 0 Å². The Kier molecular flexibility index (Phi) is 4.21. The van der Waals surface area contributed by atoms with Crippen molar-refractivity contribution in [1.82, 2.24) is 20.1 Å². The smallest absolute Gasteiger partial charge is 0.234 e. The molecule has 2 fully saturated rings. The SMILES string of the molecule is CCC(C(N)=O)N1C[C@@H](c2nc(C(C)C)n[nH]2)[C@H](C2CC2)C1. The summed E-state index contributed by atoms with van der Waals surface area (Å²) in [7, 11) is 0. The van der Waals surface area contributed by atoms with Crippen LogP contribution >= 0.6 is 0 Å². The molecule has 22 heavy (non-hydrogen) atoms. The fourth-order valence-corrected chi connectivity index (χ4v) is 3.76. The maximum atomic E-state index is 11.7. The largest absolute Gasteiger partial charge is 0.368 e. The Balaban J connectivity index is 1.80. The number of nitrogens with one attached hydrogen (secondary N) is 1. The Bertz CT molecular complexity index is 536. The first kappa shape index (κ1) is 15.5. The second kappa shape index (κ2) is 5.99. The fourth-order valence-electron chi connectivity index (χ4n) is 3.76. The van der Waals surface area contributed by atoms with Gasteiger partial charge < -0.3 is 5.73 Å². The van der Waals surface area contributed by atoms with Crippen LogP contribution in [-0.2, 0) is 4.79 Å². The van der Waals surface area contributed by atoms with Crippen LogP contribution in [-0.4, -0.2) is 45.1 Å². The molecule has 1 saturated carbocycles. The molecule has 1 amide bonds. The average molecular weight is 305 g/mol. The number of likely N-dealkylation sites (tertiary alicyclic amines) is 1. The molecule has 1 aliphatic carbocycles. The van der Waals surface area contributed by atoms with Crippen molar-refractivity contribution in [2.24, 2.45) is 17.6 Å². The van der Waals surface area contributed by atoms with Crippen molar-refractivity contribution in [3.05, 3.63) is 11.6 Å². The molecule has 0 aromatic carbocycles. The van der Waals surface area contributed by atoms with Gasteiger partial charge in [0.25, 0.3) is 0 Å². The number of aromatic amines is 1. The van der Waals surface area contributed by atoms with E-state index in [0.717, 1.165) is 37.1 Å². The third-order valence-corrected chi connectivity index (χ3v) is 5.16. The number of rotatable bonds is 6. The number of hydrogen-bond donors (Lipinski definition) is 2. The van der Waals surface area contributed by atoms with Crippen molar-refractivity contribution < 1.29 is 4.79 Å². The molecule has 0 radical (unpaired) electrons. The maximum absolute atomic E-state index is 11.7. The molecule has 6 nitrogen and oxygen atoms in total. The van der Waals surface area contributed by atoms with Crippen LogP contribution in [0.4, 0.5) is 0 Å². The highest BCUT2D eigenvalue weighted by molar-refractivity contribution is 5.79. The first-order valence-corrected chi connectivity index (χ1v) is 8.46. The molecule has 3 N–H and O–H groups in total. The van der Waals surface area contributed by atoms with Crippen LogP contribution in [0.5, 0.6) is 0 Å². The molecule has 1 aromatic rings. The van der Waals surface area contributed by atoms with E-state index >= 15 is 0 Å². The van der Waals surface area contributed by atoms with Gasteiger partial charge in [0, 0.05) is 24.9 Å². The quantitative estimate of drug-likeness (QED) is 0.836. The molecule has 0 bridgehead atoms. The number of aromatic nitrogens is 3. The monoisotopic (exact) mass is 305 g/mol. The van der Waals surface area contributed by atoms with Crippen LogP contribution in [0, 0.1) is 11.8 Å². The first-order chi connectivity index (χ1) is 10.5. The number of hydrogen-bond acceptors (Lipinski definition) is 4. The van der Waals surface area contributed by atoms with Gasteiger partial charge in [-0.1, -0.05) is 20.8 Å². The summed E-state index contributed by atoms with van der Waals surface area (Å²) in [5.74, 6) is 3.68. The summed E-state index contributed by atoms with van der Waals surface area (Å²) in [4.78, 5) is 18.7. The van der Waals surface area contributed by atoms with Gasteiger partial charge in [0.2, 0.25) is 5.91 Å². The van der Waals surface area contributed by atoms with E-state index in [4.69, 9.17) is 10.7 Å². The summed E-state index contributed by atoms with van der Waals surface area (Å²) in [5, 5.41) is 7.50. The summed E-state index contributed by atoms with van der Waals surface area (Å²) in [5.41, 5.74) is 5.58. The van der Waals surface area contributed by atoms with E-state index in [9.17, 15) is 4.79 Å². The highest BCUT2D eigenvalue weighted by Gasteiger charge is 2.46. The maximum Gasteiger partial charge on any atom is 0.234 e. The second-order valence-corrected chi connectivity index (χ2v) is 7.12. The van der Waals surface area contributed by atoms with Crippen molar-refractivity contribution in [2.75, 3.05) is 13.1 Å². The average Bonchev–Trinajstić information content (AvgIpc) is 3.02. The summed E-state index contributed by atoms with van der Waals surface area (Å²) in [6, 6.07) is -0.154.